The van der Waals surface area contributed by atoms with Gasteiger partial charge in [0.1, 0.15) is 0 Å². The third kappa shape index (κ3) is 4.75. The molecule has 1 aliphatic rings. The predicted octanol–water partition coefficient (Wildman–Crippen LogP) is 3.24. The quantitative estimate of drug-likeness (QED) is 0.793. The second-order valence-corrected chi connectivity index (χ2v) is 7.41. The summed E-state index contributed by atoms with van der Waals surface area (Å²) < 4.78 is 5.77. The van der Waals surface area contributed by atoms with Gasteiger partial charge in [0.2, 0.25) is 0 Å². The van der Waals surface area contributed by atoms with Gasteiger partial charge in [0, 0.05) is 11.7 Å². The summed E-state index contributed by atoms with van der Waals surface area (Å²) in [6, 6.07) is 8.91. The Morgan fingerprint density at radius 2 is 1.64 bits per heavy atom. The molecular weight excluding hydrogens is 273 g/mol. The molecule has 0 bridgehead atoms. The van der Waals surface area contributed by atoms with Crippen molar-refractivity contribution < 1.29 is 9.76 Å². The van der Waals surface area contributed by atoms with Crippen molar-refractivity contribution in [2.75, 3.05) is 5.32 Å². The molecule has 1 aromatic carbocycles. The Kier molecular flexibility index (Phi) is 5.57. The van der Waals surface area contributed by atoms with Gasteiger partial charge in [0.25, 0.3) is 0 Å². The Hall–Kier alpha value is -0.995. The van der Waals surface area contributed by atoms with Gasteiger partial charge in [0.05, 0.1) is 11.2 Å². The molecule has 1 fully saturated rings. The molecule has 0 heterocycles. The summed E-state index contributed by atoms with van der Waals surface area (Å²) >= 11 is 0. The standard InChI is InChI=1S/C18H29BNO2/c1-17(2,21)18(3,4)22-19-14-10-12-16(13-11-14)20-15-8-6-5-7-9-15/h10-13,15,20-21H,5-9H2,1-4H3. The number of aliphatic hydroxyl groups is 1. The van der Waals surface area contributed by atoms with E-state index < -0.39 is 11.2 Å². The summed E-state index contributed by atoms with van der Waals surface area (Å²) in [6.45, 7) is 7.31. The number of hydrogen-bond donors (Lipinski definition) is 2. The van der Waals surface area contributed by atoms with E-state index in [0.717, 1.165) is 5.46 Å². The van der Waals surface area contributed by atoms with Crippen molar-refractivity contribution in [1.82, 2.24) is 0 Å². The molecule has 1 aliphatic carbocycles. The van der Waals surface area contributed by atoms with Crippen molar-refractivity contribution in [1.29, 1.82) is 0 Å². The van der Waals surface area contributed by atoms with Crippen LogP contribution in [-0.4, -0.2) is 29.8 Å². The number of benzene rings is 1. The van der Waals surface area contributed by atoms with E-state index in [9.17, 15) is 5.11 Å². The molecule has 0 spiro atoms. The van der Waals surface area contributed by atoms with Crippen molar-refractivity contribution in [2.45, 2.75) is 77.0 Å². The fraction of sp³-hybridized carbons (Fsp3) is 0.667. The zero-order chi connectivity index (χ0) is 16.2. The average molecular weight is 302 g/mol. The van der Waals surface area contributed by atoms with Gasteiger partial charge in [-0.3, -0.25) is 0 Å². The van der Waals surface area contributed by atoms with Gasteiger partial charge in [0.15, 0.2) is 0 Å². The van der Waals surface area contributed by atoms with E-state index in [1.807, 2.05) is 26.0 Å². The minimum Gasteiger partial charge on any atom is -0.427 e. The van der Waals surface area contributed by atoms with Crippen LogP contribution in [0.25, 0.3) is 0 Å². The van der Waals surface area contributed by atoms with E-state index in [2.05, 4.69) is 17.4 Å². The minimum atomic E-state index is -0.897. The first-order valence-electron chi connectivity index (χ1n) is 8.38. The summed E-state index contributed by atoms with van der Waals surface area (Å²) in [5.41, 5.74) is 0.648. The van der Waals surface area contributed by atoms with Crippen molar-refractivity contribution in [3.05, 3.63) is 24.3 Å². The molecule has 0 aliphatic heterocycles. The van der Waals surface area contributed by atoms with Crippen LogP contribution in [-0.2, 0) is 4.65 Å². The van der Waals surface area contributed by atoms with Crippen LogP contribution in [0.4, 0.5) is 5.69 Å². The molecule has 0 unspecified atom stereocenters. The molecule has 0 aromatic heterocycles. The van der Waals surface area contributed by atoms with Crippen molar-refractivity contribution in [2.24, 2.45) is 0 Å². The zero-order valence-electron chi connectivity index (χ0n) is 14.4. The number of rotatable bonds is 6. The van der Waals surface area contributed by atoms with Crippen LogP contribution in [0.5, 0.6) is 0 Å². The third-order valence-corrected chi connectivity index (χ3v) is 4.85. The summed E-state index contributed by atoms with van der Waals surface area (Å²) in [7, 11) is 1.72. The molecule has 4 heteroatoms. The number of anilines is 1. The van der Waals surface area contributed by atoms with E-state index in [1.165, 1.54) is 37.8 Å². The van der Waals surface area contributed by atoms with Crippen LogP contribution in [0.15, 0.2) is 24.3 Å². The molecular formula is C18H29BNO2. The molecule has 3 nitrogen and oxygen atoms in total. The maximum absolute atomic E-state index is 10.1. The van der Waals surface area contributed by atoms with E-state index in [-0.39, 0.29) is 0 Å². The highest BCUT2D eigenvalue weighted by Gasteiger charge is 2.35. The number of nitrogens with one attached hydrogen (secondary N) is 1. The predicted molar refractivity (Wildman–Crippen MR) is 93.8 cm³/mol. The highest BCUT2D eigenvalue weighted by molar-refractivity contribution is 6.47. The van der Waals surface area contributed by atoms with Crippen LogP contribution in [0, 0.1) is 0 Å². The van der Waals surface area contributed by atoms with Gasteiger partial charge in [-0.25, -0.2) is 0 Å². The van der Waals surface area contributed by atoms with Gasteiger partial charge in [-0.2, -0.15) is 0 Å². The van der Waals surface area contributed by atoms with Gasteiger partial charge >= 0.3 is 7.48 Å². The Morgan fingerprint density at radius 1 is 1.05 bits per heavy atom. The first-order valence-corrected chi connectivity index (χ1v) is 8.38. The maximum atomic E-state index is 10.1. The Balaban J connectivity index is 1.86. The highest BCUT2D eigenvalue weighted by Crippen LogP contribution is 2.24. The summed E-state index contributed by atoms with van der Waals surface area (Å²) in [4.78, 5) is 0. The third-order valence-electron chi connectivity index (χ3n) is 4.85. The first-order chi connectivity index (χ1) is 10.3. The SMILES string of the molecule is CC(C)(O)C(C)(C)O[B]c1ccc(NC2CCCCC2)cc1. The molecule has 22 heavy (non-hydrogen) atoms. The molecule has 2 N–H and O–H groups in total. The lowest BCUT2D eigenvalue weighted by molar-refractivity contribution is -0.0893. The smallest absolute Gasteiger partial charge is 0.330 e. The van der Waals surface area contributed by atoms with E-state index in [0.29, 0.717) is 6.04 Å². The molecule has 1 saturated carbocycles. The lowest BCUT2D eigenvalue weighted by Crippen LogP contribution is -2.49. The largest absolute Gasteiger partial charge is 0.427 e. The summed E-state index contributed by atoms with van der Waals surface area (Å²) in [5.74, 6) is 0. The monoisotopic (exact) mass is 302 g/mol. The van der Waals surface area contributed by atoms with Crippen molar-refractivity contribution in [3.8, 4) is 0 Å². The van der Waals surface area contributed by atoms with Gasteiger partial charge in [-0.05, 0) is 52.7 Å². The molecule has 0 atom stereocenters. The van der Waals surface area contributed by atoms with E-state index in [1.54, 1.807) is 21.3 Å². The van der Waals surface area contributed by atoms with Gasteiger partial charge in [-0.15, -0.1) is 0 Å². The zero-order valence-corrected chi connectivity index (χ0v) is 14.4. The molecule has 0 amide bonds. The molecule has 1 aromatic rings. The Bertz CT molecular complexity index is 459. The Morgan fingerprint density at radius 3 is 2.18 bits per heavy atom. The fourth-order valence-electron chi connectivity index (χ4n) is 2.50. The Labute approximate surface area is 135 Å². The second kappa shape index (κ2) is 7.05. The van der Waals surface area contributed by atoms with Gasteiger partial charge in [-0.1, -0.05) is 36.9 Å². The molecule has 0 saturated heterocycles. The van der Waals surface area contributed by atoms with E-state index in [4.69, 9.17) is 4.65 Å². The fourth-order valence-corrected chi connectivity index (χ4v) is 2.50. The highest BCUT2D eigenvalue weighted by atomic mass is 16.5. The lowest BCUT2D eigenvalue weighted by Gasteiger charge is -2.37. The van der Waals surface area contributed by atoms with Crippen LogP contribution < -0.4 is 10.8 Å². The summed E-state index contributed by atoms with van der Waals surface area (Å²) in [5, 5.41) is 13.7. The van der Waals surface area contributed by atoms with Crippen molar-refractivity contribution in [3.63, 3.8) is 0 Å². The van der Waals surface area contributed by atoms with Crippen molar-refractivity contribution >= 4 is 18.6 Å². The lowest BCUT2D eigenvalue weighted by atomic mass is 9.82. The first kappa shape index (κ1) is 17.4. The molecule has 2 rings (SSSR count). The second-order valence-electron chi connectivity index (χ2n) is 7.41. The molecule has 121 valence electrons. The van der Waals surface area contributed by atoms with Crippen LogP contribution >= 0.6 is 0 Å². The number of hydrogen-bond acceptors (Lipinski definition) is 3. The van der Waals surface area contributed by atoms with Gasteiger partial charge < -0.3 is 15.1 Å². The summed E-state index contributed by atoms with van der Waals surface area (Å²) in [6.07, 6.45) is 6.60. The average Bonchev–Trinajstić information content (AvgIpc) is 2.46. The minimum absolute atomic E-state index is 0.619. The van der Waals surface area contributed by atoms with E-state index >= 15 is 0 Å². The van der Waals surface area contributed by atoms with Crippen LogP contribution in [0.3, 0.4) is 0 Å². The normalized spacial score (nSPS) is 17.3. The molecule has 1 radical (unpaired) electrons. The van der Waals surface area contributed by atoms with Crippen LogP contribution in [0.2, 0.25) is 0 Å². The van der Waals surface area contributed by atoms with Crippen LogP contribution in [0.1, 0.15) is 59.8 Å². The maximum Gasteiger partial charge on any atom is 0.330 e. The topological polar surface area (TPSA) is 41.5 Å².